The number of aromatic amines is 1. The van der Waals surface area contributed by atoms with Crippen LogP contribution in [-0.4, -0.2) is 21.3 Å². The third-order valence-electron chi connectivity index (χ3n) is 2.02. The predicted molar refractivity (Wildman–Crippen MR) is 67.3 cm³/mol. The number of H-pyrrole nitrogens is 1. The zero-order chi connectivity index (χ0) is 13.7. The minimum absolute atomic E-state index is 0.0302. The number of carboxylic acid groups (broad SMARTS) is 1. The summed E-state index contributed by atoms with van der Waals surface area (Å²) < 4.78 is 12.9. The zero-order valence-electron chi connectivity index (χ0n) is 9.87. The van der Waals surface area contributed by atoms with Gasteiger partial charge in [0.25, 0.3) is 0 Å². The van der Waals surface area contributed by atoms with Crippen molar-refractivity contribution in [3.05, 3.63) is 40.8 Å². The molecule has 0 unspecified atom stereocenters. The number of hydrogen-bond donors (Lipinski definition) is 2. The van der Waals surface area contributed by atoms with E-state index in [2.05, 4.69) is 10.2 Å². The van der Waals surface area contributed by atoms with Gasteiger partial charge in [-0.05, 0) is 24.3 Å². The number of nitrogens with zero attached hydrogens (tertiary/aromatic N) is 1. The summed E-state index contributed by atoms with van der Waals surface area (Å²) in [7, 11) is 0. The number of aromatic nitrogens is 2. The van der Waals surface area contributed by atoms with Gasteiger partial charge >= 0.3 is 5.97 Å². The van der Waals surface area contributed by atoms with E-state index in [1.807, 2.05) is 13.8 Å². The van der Waals surface area contributed by atoms with Gasteiger partial charge in [0, 0.05) is 5.56 Å². The minimum atomic E-state index is -1.10. The predicted octanol–water partition coefficient (Wildman–Crippen LogP) is 3.59. The van der Waals surface area contributed by atoms with Crippen LogP contribution in [0.1, 0.15) is 24.3 Å². The molecule has 0 amide bonds. The molecule has 4 nitrogen and oxygen atoms in total. The first-order valence-corrected chi connectivity index (χ1v) is 5.70. The van der Waals surface area contributed by atoms with Crippen molar-refractivity contribution < 1.29 is 14.3 Å². The highest BCUT2D eigenvalue weighted by Crippen LogP contribution is 2.23. The van der Waals surface area contributed by atoms with E-state index in [4.69, 9.17) is 16.7 Å². The molecule has 0 bridgehead atoms. The SMILES string of the molecule is CC.O=C(O)c1cc(-c2ccc(F)c(Cl)c2)n[nH]1. The van der Waals surface area contributed by atoms with Crippen molar-refractivity contribution in [3.8, 4) is 11.3 Å². The van der Waals surface area contributed by atoms with Gasteiger partial charge in [0.1, 0.15) is 11.5 Å². The lowest BCUT2D eigenvalue weighted by molar-refractivity contribution is 0.0690. The minimum Gasteiger partial charge on any atom is -0.477 e. The molecule has 2 N–H and O–H groups in total. The summed E-state index contributed by atoms with van der Waals surface area (Å²) in [6.45, 7) is 4.00. The Balaban J connectivity index is 0.000000771. The molecule has 2 rings (SSSR count). The number of benzene rings is 1. The molecule has 1 aromatic heterocycles. The molecule has 2 aromatic rings. The van der Waals surface area contributed by atoms with Crippen LogP contribution in [0.4, 0.5) is 4.39 Å². The molecule has 0 aliphatic rings. The number of nitrogens with one attached hydrogen (secondary N) is 1. The van der Waals surface area contributed by atoms with Crippen LogP contribution in [0.5, 0.6) is 0 Å². The number of halogens is 2. The highest BCUT2D eigenvalue weighted by molar-refractivity contribution is 6.31. The summed E-state index contributed by atoms with van der Waals surface area (Å²) in [6.07, 6.45) is 0. The molecule has 0 aliphatic carbocycles. The number of hydrogen-bond acceptors (Lipinski definition) is 2. The topological polar surface area (TPSA) is 66.0 Å². The maximum atomic E-state index is 12.9. The fraction of sp³-hybridized carbons (Fsp3) is 0.167. The van der Waals surface area contributed by atoms with Gasteiger partial charge in [-0.25, -0.2) is 9.18 Å². The quantitative estimate of drug-likeness (QED) is 0.876. The normalized spacial score (nSPS) is 9.56. The molecular formula is C12H12ClFN2O2. The van der Waals surface area contributed by atoms with Crippen LogP contribution >= 0.6 is 11.6 Å². The average molecular weight is 271 g/mol. The Labute approximate surface area is 108 Å². The van der Waals surface area contributed by atoms with E-state index in [-0.39, 0.29) is 10.7 Å². The fourth-order valence-electron chi connectivity index (χ4n) is 1.23. The molecule has 0 atom stereocenters. The third-order valence-corrected chi connectivity index (χ3v) is 2.31. The average Bonchev–Trinajstić information content (AvgIpc) is 2.85. The Hall–Kier alpha value is -1.88. The highest BCUT2D eigenvalue weighted by atomic mass is 35.5. The Morgan fingerprint density at radius 2 is 2.06 bits per heavy atom. The molecule has 0 radical (unpaired) electrons. The van der Waals surface area contributed by atoms with E-state index in [0.717, 1.165) is 0 Å². The molecule has 96 valence electrons. The summed E-state index contributed by atoms with van der Waals surface area (Å²) >= 11 is 5.60. The van der Waals surface area contributed by atoms with E-state index in [9.17, 15) is 9.18 Å². The molecular weight excluding hydrogens is 259 g/mol. The van der Waals surface area contributed by atoms with Crippen molar-refractivity contribution >= 4 is 17.6 Å². The van der Waals surface area contributed by atoms with Gasteiger partial charge in [-0.1, -0.05) is 25.4 Å². The van der Waals surface area contributed by atoms with Gasteiger partial charge < -0.3 is 5.11 Å². The summed E-state index contributed by atoms with van der Waals surface area (Å²) in [5.41, 5.74) is 0.921. The smallest absolute Gasteiger partial charge is 0.353 e. The van der Waals surface area contributed by atoms with E-state index in [1.54, 1.807) is 0 Å². The number of carbonyl (C=O) groups is 1. The lowest BCUT2D eigenvalue weighted by Gasteiger charge is -1.97. The maximum absolute atomic E-state index is 12.9. The number of rotatable bonds is 2. The fourth-order valence-corrected chi connectivity index (χ4v) is 1.42. The first-order valence-electron chi connectivity index (χ1n) is 5.32. The van der Waals surface area contributed by atoms with Crippen molar-refractivity contribution in [2.24, 2.45) is 0 Å². The second-order valence-corrected chi connectivity index (χ2v) is 3.51. The second-order valence-electron chi connectivity index (χ2n) is 3.10. The van der Waals surface area contributed by atoms with Gasteiger partial charge in [0.2, 0.25) is 0 Å². The molecule has 0 fully saturated rings. The van der Waals surface area contributed by atoms with Crippen molar-refractivity contribution in [3.63, 3.8) is 0 Å². The first-order chi connectivity index (χ1) is 8.58. The molecule has 1 aromatic carbocycles. The Morgan fingerprint density at radius 1 is 1.39 bits per heavy atom. The van der Waals surface area contributed by atoms with Crippen molar-refractivity contribution in [2.45, 2.75) is 13.8 Å². The largest absolute Gasteiger partial charge is 0.477 e. The van der Waals surface area contributed by atoms with Crippen molar-refractivity contribution in [2.75, 3.05) is 0 Å². The molecule has 18 heavy (non-hydrogen) atoms. The van der Waals surface area contributed by atoms with Crippen LogP contribution in [0.3, 0.4) is 0 Å². The highest BCUT2D eigenvalue weighted by Gasteiger charge is 2.10. The molecule has 0 aliphatic heterocycles. The summed E-state index contributed by atoms with van der Waals surface area (Å²) in [6, 6.07) is 5.42. The number of carboxylic acids is 1. The lowest BCUT2D eigenvalue weighted by atomic mass is 10.1. The second kappa shape index (κ2) is 6.16. The molecule has 0 saturated carbocycles. The van der Waals surface area contributed by atoms with Gasteiger partial charge in [0.15, 0.2) is 0 Å². The Kier molecular flexibility index (Phi) is 4.85. The zero-order valence-corrected chi connectivity index (χ0v) is 10.6. The van der Waals surface area contributed by atoms with Crippen LogP contribution in [-0.2, 0) is 0 Å². The summed E-state index contributed by atoms with van der Waals surface area (Å²) in [5.74, 6) is -1.63. The van der Waals surface area contributed by atoms with Gasteiger partial charge in [-0.2, -0.15) is 5.10 Å². The van der Waals surface area contributed by atoms with Crippen LogP contribution in [0.2, 0.25) is 5.02 Å². The first kappa shape index (κ1) is 14.2. The molecule has 1 heterocycles. The van der Waals surface area contributed by atoms with Crippen LogP contribution in [0.15, 0.2) is 24.3 Å². The van der Waals surface area contributed by atoms with E-state index in [0.29, 0.717) is 11.3 Å². The van der Waals surface area contributed by atoms with Crippen LogP contribution in [0.25, 0.3) is 11.3 Å². The van der Waals surface area contributed by atoms with E-state index in [1.165, 1.54) is 24.3 Å². The van der Waals surface area contributed by atoms with Gasteiger partial charge in [-0.3, -0.25) is 5.10 Å². The number of aromatic carboxylic acids is 1. The molecule has 0 saturated heterocycles. The monoisotopic (exact) mass is 270 g/mol. The Bertz CT molecular complexity index is 555. The van der Waals surface area contributed by atoms with Crippen LogP contribution < -0.4 is 0 Å². The maximum Gasteiger partial charge on any atom is 0.353 e. The summed E-state index contributed by atoms with van der Waals surface area (Å²) in [5, 5.41) is 14.8. The van der Waals surface area contributed by atoms with Gasteiger partial charge in [0.05, 0.1) is 10.7 Å². The van der Waals surface area contributed by atoms with Crippen LogP contribution in [0, 0.1) is 5.82 Å². The van der Waals surface area contributed by atoms with Gasteiger partial charge in [-0.15, -0.1) is 0 Å². The lowest BCUT2D eigenvalue weighted by Crippen LogP contribution is -1.95. The van der Waals surface area contributed by atoms with Crippen molar-refractivity contribution in [1.29, 1.82) is 0 Å². The molecule has 6 heteroatoms. The third kappa shape index (κ3) is 3.07. The Morgan fingerprint density at radius 3 is 2.56 bits per heavy atom. The summed E-state index contributed by atoms with van der Waals surface area (Å²) in [4.78, 5) is 10.6. The van der Waals surface area contributed by atoms with Crippen molar-refractivity contribution in [1.82, 2.24) is 10.2 Å². The van der Waals surface area contributed by atoms with E-state index < -0.39 is 11.8 Å². The van der Waals surface area contributed by atoms with E-state index >= 15 is 0 Å². The standard InChI is InChI=1S/C10H6ClFN2O2.C2H6/c11-6-3-5(1-2-7(6)12)8-4-9(10(15)16)14-13-8;1-2/h1-4H,(H,13,14)(H,15,16);1-2H3. The molecule has 0 spiro atoms.